The number of nitrogens with zero attached hydrogens (tertiary/aromatic N) is 1. The number of carbonyl (C=O) groups is 3. The van der Waals surface area contributed by atoms with Gasteiger partial charge in [-0.05, 0) is 60.2 Å². The first-order valence-electron chi connectivity index (χ1n) is 11.3. The van der Waals surface area contributed by atoms with Gasteiger partial charge in [0.15, 0.2) is 12.1 Å². The molecule has 3 atom stereocenters. The lowest BCUT2D eigenvalue weighted by Gasteiger charge is -2.26. The van der Waals surface area contributed by atoms with E-state index < -0.39 is 18.2 Å². The van der Waals surface area contributed by atoms with Crippen molar-refractivity contribution in [1.82, 2.24) is 10.2 Å². The molecule has 0 spiro atoms. The molecule has 182 valence electrons. The zero-order chi connectivity index (χ0) is 24.9. The maximum Gasteiger partial charge on any atom is 0.411 e. The van der Waals surface area contributed by atoms with E-state index in [9.17, 15) is 18.8 Å². The molecule has 1 saturated heterocycles. The highest BCUT2D eigenvalue weighted by Crippen LogP contribution is 2.35. The molecule has 0 radical (unpaired) electrons. The summed E-state index contributed by atoms with van der Waals surface area (Å²) in [6, 6.07) is 15.2. The van der Waals surface area contributed by atoms with Crippen molar-refractivity contribution in [3.8, 4) is 0 Å². The molecule has 1 aliphatic heterocycles. The SMILES string of the molecule is CC[C@H](C)NC(=O)[C@H]1[C@@H](c2cccc(NC(=O)c3cccs3)c2)OC(=O)N1Cc1ccc(F)cc1. The fourth-order valence-corrected chi connectivity index (χ4v) is 4.44. The zero-order valence-electron chi connectivity index (χ0n) is 19.4. The summed E-state index contributed by atoms with van der Waals surface area (Å²) in [6.07, 6.45) is -0.803. The Balaban J connectivity index is 1.61. The highest BCUT2D eigenvalue weighted by Gasteiger charge is 2.47. The van der Waals surface area contributed by atoms with Crippen molar-refractivity contribution >= 4 is 34.9 Å². The van der Waals surface area contributed by atoms with E-state index in [-0.39, 0.29) is 30.2 Å². The quantitative estimate of drug-likeness (QED) is 0.454. The maximum absolute atomic E-state index is 13.4. The van der Waals surface area contributed by atoms with E-state index in [2.05, 4.69) is 10.6 Å². The number of hydrogen-bond acceptors (Lipinski definition) is 5. The van der Waals surface area contributed by atoms with Gasteiger partial charge in [0, 0.05) is 11.7 Å². The highest BCUT2D eigenvalue weighted by atomic mass is 32.1. The van der Waals surface area contributed by atoms with Crippen LogP contribution < -0.4 is 10.6 Å². The lowest BCUT2D eigenvalue weighted by molar-refractivity contribution is -0.127. The van der Waals surface area contributed by atoms with Crippen molar-refractivity contribution < 1.29 is 23.5 Å². The molecule has 3 amide bonds. The van der Waals surface area contributed by atoms with Crippen LogP contribution in [0.3, 0.4) is 0 Å². The number of halogens is 1. The number of rotatable bonds is 8. The summed E-state index contributed by atoms with van der Waals surface area (Å²) in [7, 11) is 0. The van der Waals surface area contributed by atoms with E-state index in [4.69, 9.17) is 4.74 Å². The van der Waals surface area contributed by atoms with Crippen LogP contribution in [-0.2, 0) is 16.1 Å². The third-order valence-corrected chi connectivity index (χ3v) is 6.71. The molecule has 0 unspecified atom stereocenters. The zero-order valence-corrected chi connectivity index (χ0v) is 20.2. The molecule has 0 saturated carbocycles. The third kappa shape index (κ3) is 5.68. The second-order valence-corrected chi connectivity index (χ2v) is 9.33. The molecule has 1 aromatic heterocycles. The monoisotopic (exact) mass is 495 g/mol. The summed E-state index contributed by atoms with van der Waals surface area (Å²) in [5.74, 6) is -0.974. The molecule has 4 rings (SSSR count). The predicted octanol–water partition coefficient (Wildman–Crippen LogP) is 5.12. The fraction of sp³-hybridized carbons (Fsp3) is 0.269. The van der Waals surface area contributed by atoms with Crippen molar-refractivity contribution in [2.45, 2.75) is 45.0 Å². The normalized spacial score (nSPS) is 18.1. The van der Waals surface area contributed by atoms with Gasteiger partial charge in [0.25, 0.3) is 5.91 Å². The highest BCUT2D eigenvalue weighted by molar-refractivity contribution is 7.12. The Bertz CT molecular complexity index is 1200. The van der Waals surface area contributed by atoms with Crippen LogP contribution in [0.2, 0.25) is 0 Å². The molecule has 0 aliphatic carbocycles. The summed E-state index contributed by atoms with van der Waals surface area (Å²) in [5.41, 5.74) is 1.77. The van der Waals surface area contributed by atoms with E-state index >= 15 is 0 Å². The van der Waals surface area contributed by atoms with Gasteiger partial charge >= 0.3 is 6.09 Å². The minimum atomic E-state index is -0.940. The third-order valence-electron chi connectivity index (χ3n) is 5.84. The van der Waals surface area contributed by atoms with Crippen molar-refractivity contribution in [1.29, 1.82) is 0 Å². The van der Waals surface area contributed by atoms with Gasteiger partial charge in [-0.25, -0.2) is 9.18 Å². The number of ether oxygens (including phenoxy) is 1. The second-order valence-electron chi connectivity index (χ2n) is 8.38. The largest absolute Gasteiger partial charge is 0.438 e. The molecule has 1 fully saturated rings. The molecule has 1 aliphatic rings. The van der Waals surface area contributed by atoms with Crippen molar-refractivity contribution in [3.05, 3.63) is 87.9 Å². The Labute approximate surface area is 206 Å². The number of anilines is 1. The van der Waals surface area contributed by atoms with Gasteiger partial charge in [-0.3, -0.25) is 14.5 Å². The standard InChI is InChI=1S/C26H26FN3O4S/c1-3-16(2)28-25(32)22-23(34-26(33)30(22)15-17-9-11-19(27)12-10-17)18-6-4-7-20(14-18)29-24(31)21-8-5-13-35-21/h4-14,16,22-23H,3,15H2,1-2H3,(H,28,32)(H,29,31)/t16-,22+,23+/m0/s1. The summed E-state index contributed by atoms with van der Waals surface area (Å²) in [5, 5.41) is 7.60. The Hall–Kier alpha value is -3.72. The second kappa shape index (κ2) is 10.7. The van der Waals surface area contributed by atoms with E-state index in [0.717, 1.165) is 6.42 Å². The molecule has 2 aromatic carbocycles. The number of hydrogen-bond donors (Lipinski definition) is 2. The minimum absolute atomic E-state index is 0.0863. The van der Waals surface area contributed by atoms with Crippen LogP contribution in [0.5, 0.6) is 0 Å². The van der Waals surface area contributed by atoms with Crippen molar-refractivity contribution in [3.63, 3.8) is 0 Å². The number of cyclic esters (lactones) is 1. The molecular formula is C26H26FN3O4S. The van der Waals surface area contributed by atoms with Gasteiger partial charge in [-0.15, -0.1) is 11.3 Å². The predicted molar refractivity (Wildman–Crippen MR) is 132 cm³/mol. The van der Waals surface area contributed by atoms with E-state index in [0.29, 0.717) is 21.7 Å². The molecular weight excluding hydrogens is 469 g/mol. The number of thiophene rings is 1. The fourth-order valence-electron chi connectivity index (χ4n) is 3.82. The van der Waals surface area contributed by atoms with Crippen LogP contribution in [0.1, 0.15) is 47.2 Å². The van der Waals surface area contributed by atoms with Crippen LogP contribution in [0.25, 0.3) is 0 Å². The van der Waals surface area contributed by atoms with Gasteiger partial charge in [-0.2, -0.15) is 0 Å². The number of benzene rings is 2. The molecule has 9 heteroatoms. The number of nitrogens with one attached hydrogen (secondary N) is 2. The smallest absolute Gasteiger partial charge is 0.411 e. The summed E-state index contributed by atoms with van der Waals surface area (Å²) in [4.78, 5) is 40.6. The van der Waals surface area contributed by atoms with E-state index in [1.165, 1.54) is 28.4 Å². The summed E-state index contributed by atoms with van der Waals surface area (Å²) >= 11 is 1.33. The van der Waals surface area contributed by atoms with Crippen LogP contribution in [0.4, 0.5) is 14.9 Å². The maximum atomic E-state index is 13.4. The molecule has 2 N–H and O–H groups in total. The molecule has 3 aromatic rings. The average molecular weight is 496 g/mol. The Morgan fingerprint density at radius 1 is 1.14 bits per heavy atom. The molecule has 0 bridgehead atoms. The van der Waals surface area contributed by atoms with Gasteiger partial charge in [-0.1, -0.05) is 37.3 Å². The molecule has 2 heterocycles. The first-order chi connectivity index (χ1) is 16.9. The minimum Gasteiger partial charge on any atom is -0.438 e. The topological polar surface area (TPSA) is 87.7 Å². The summed E-state index contributed by atoms with van der Waals surface area (Å²) in [6.45, 7) is 3.92. The molecule has 35 heavy (non-hydrogen) atoms. The van der Waals surface area contributed by atoms with E-state index in [1.54, 1.807) is 48.5 Å². The number of amides is 3. The first kappa shape index (κ1) is 24.4. The summed E-state index contributed by atoms with van der Waals surface area (Å²) < 4.78 is 19.0. The lowest BCUT2D eigenvalue weighted by atomic mass is 9.99. The van der Waals surface area contributed by atoms with Crippen molar-refractivity contribution in [2.24, 2.45) is 0 Å². The van der Waals surface area contributed by atoms with Crippen LogP contribution >= 0.6 is 11.3 Å². The Morgan fingerprint density at radius 2 is 1.91 bits per heavy atom. The number of carbonyl (C=O) groups excluding carboxylic acids is 3. The Kier molecular flexibility index (Phi) is 7.45. The first-order valence-corrected chi connectivity index (χ1v) is 12.2. The van der Waals surface area contributed by atoms with Gasteiger partial charge in [0.05, 0.1) is 11.4 Å². The van der Waals surface area contributed by atoms with Crippen LogP contribution in [0.15, 0.2) is 66.0 Å². The van der Waals surface area contributed by atoms with Crippen molar-refractivity contribution in [2.75, 3.05) is 5.32 Å². The van der Waals surface area contributed by atoms with Crippen LogP contribution in [0, 0.1) is 5.82 Å². The van der Waals surface area contributed by atoms with Gasteiger partial charge < -0.3 is 15.4 Å². The van der Waals surface area contributed by atoms with Gasteiger partial charge in [0.1, 0.15) is 5.82 Å². The lowest BCUT2D eigenvalue weighted by Crippen LogP contribution is -2.48. The average Bonchev–Trinajstić information content (AvgIpc) is 3.49. The van der Waals surface area contributed by atoms with Gasteiger partial charge in [0.2, 0.25) is 5.91 Å². The Morgan fingerprint density at radius 3 is 2.60 bits per heavy atom. The van der Waals surface area contributed by atoms with Crippen LogP contribution in [-0.4, -0.2) is 34.9 Å². The van der Waals surface area contributed by atoms with E-state index in [1.807, 2.05) is 19.2 Å². The molecule has 7 nitrogen and oxygen atoms in total.